The van der Waals surface area contributed by atoms with Gasteiger partial charge in [0.2, 0.25) is 0 Å². The highest BCUT2D eigenvalue weighted by Crippen LogP contribution is 2.16. The van der Waals surface area contributed by atoms with Crippen molar-refractivity contribution in [3.05, 3.63) is 18.1 Å². The molecule has 1 aliphatic heterocycles. The SMILES string of the molecule is NCc1cncc(N2CCCSCC2)n1. The molecular weight excluding hydrogens is 208 g/mol. The van der Waals surface area contributed by atoms with Gasteiger partial charge in [0.25, 0.3) is 0 Å². The van der Waals surface area contributed by atoms with Gasteiger partial charge in [0, 0.05) is 31.6 Å². The molecule has 1 fully saturated rings. The second-order valence-electron chi connectivity index (χ2n) is 3.53. The summed E-state index contributed by atoms with van der Waals surface area (Å²) in [5.41, 5.74) is 6.42. The van der Waals surface area contributed by atoms with E-state index in [1.807, 2.05) is 18.0 Å². The predicted octanol–water partition coefficient (Wildman–Crippen LogP) is 0.879. The second-order valence-corrected chi connectivity index (χ2v) is 4.75. The van der Waals surface area contributed by atoms with Crippen LogP contribution >= 0.6 is 11.8 Å². The van der Waals surface area contributed by atoms with Gasteiger partial charge in [0.15, 0.2) is 0 Å². The summed E-state index contributed by atoms with van der Waals surface area (Å²) in [4.78, 5) is 11.0. The number of anilines is 1. The quantitative estimate of drug-likeness (QED) is 0.808. The smallest absolute Gasteiger partial charge is 0.147 e. The zero-order valence-corrected chi connectivity index (χ0v) is 9.54. The van der Waals surface area contributed by atoms with Gasteiger partial charge in [-0.1, -0.05) is 0 Å². The number of rotatable bonds is 2. The van der Waals surface area contributed by atoms with E-state index in [0.717, 1.165) is 24.6 Å². The number of hydrogen-bond acceptors (Lipinski definition) is 5. The van der Waals surface area contributed by atoms with Crippen LogP contribution in [0.1, 0.15) is 12.1 Å². The number of nitrogens with zero attached hydrogens (tertiary/aromatic N) is 3. The fourth-order valence-electron chi connectivity index (χ4n) is 1.62. The van der Waals surface area contributed by atoms with Crippen molar-refractivity contribution in [2.24, 2.45) is 5.73 Å². The highest BCUT2D eigenvalue weighted by Gasteiger charge is 2.11. The van der Waals surface area contributed by atoms with Gasteiger partial charge in [-0.2, -0.15) is 11.8 Å². The van der Waals surface area contributed by atoms with Crippen molar-refractivity contribution in [1.29, 1.82) is 0 Å². The fourth-order valence-corrected chi connectivity index (χ4v) is 2.51. The summed E-state index contributed by atoms with van der Waals surface area (Å²) in [6, 6.07) is 0. The molecule has 2 N–H and O–H groups in total. The first-order chi connectivity index (χ1) is 7.40. The lowest BCUT2D eigenvalue weighted by atomic mass is 10.4. The zero-order chi connectivity index (χ0) is 10.5. The molecule has 0 atom stereocenters. The lowest BCUT2D eigenvalue weighted by Gasteiger charge is -2.20. The molecule has 0 amide bonds. The van der Waals surface area contributed by atoms with Gasteiger partial charge in [-0.25, -0.2) is 4.98 Å². The Balaban J connectivity index is 2.12. The van der Waals surface area contributed by atoms with Crippen LogP contribution in [0.3, 0.4) is 0 Å². The summed E-state index contributed by atoms with van der Waals surface area (Å²) in [5.74, 6) is 3.40. The third-order valence-electron chi connectivity index (χ3n) is 2.43. The van der Waals surface area contributed by atoms with Gasteiger partial charge in [-0.05, 0) is 12.2 Å². The number of hydrogen-bond donors (Lipinski definition) is 1. The Kier molecular flexibility index (Phi) is 3.80. The van der Waals surface area contributed by atoms with Gasteiger partial charge in [-0.3, -0.25) is 4.98 Å². The van der Waals surface area contributed by atoms with Crippen LogP contribution in [-0.4, -0.2) is 34.6 Å². The largest absolute Gasteiger partial charge is 0.354 e. The van der Waals surface area contributed by atoms with E-state index in [1.54, 1.807) is 6.20 Å². The summed E-state index contributed by atoms with van der Waals surface area (Å²) in [7, 11) is 0. The van der Waals surface area contributed by atoms with Gasteiger partial charge >= 0.3 is 0 Å². The molecule has 0 unspecified atom stereocenters. The predicted molar refractivity (Wildman–Crippen MR) is 64.1 cm³/mol. The first-order valence-corrected chi connectivity index (χ1v) is 6.39. The Labute approximate surface area is 94.3 Å². The minimum Gasteiger partial charge on any atom is -0.354 e. The molecule has 1 aromatic rings. The van der Waals surface area contributed by atoms with Crippen LogP contribution in [-0.2, 0) is 6.54 Å². The first kappa shape index (κ1) is 10.7. The zero-order valence-electron chi connectivity index (χ0n) is 8.72. The fraction of sp³-hybridized carbons (Fsp3) is 0.600. The summed E-state index contributed by atoms with van der Waals surface area (Å²) < 4.78 is 0. The molecule has 15 heavy (non-hydrogen) atoms. The minimum absolute atomic E-state index is 0.462. The molecule has 0 aromatic carbocycles. The van der Waals surface area contributed by atoms with Crippen LogP contribution in [0.2, 0.25) is 0 Å². The van der Waals surface area contributed by atoms with E-state index in [0.29, 0.717) is 6.54 Å². The van der Waals surface area contributed by atoms with Crippen LogP contribution in [0.4, 0.5) is 5.82 Å². The van der Waals surface area contributed by atoms with Crippen LogP contribution in [0.15, 0.2) is 12.4 Å². The van der Waals surface area contributed by atoms with Crippen molar-refractivity contribution in [3.63, 3.8) is 0 Å². The van der Waals surface area contributed by atoms with E-state index in [4.69, 9.17) is 5.73 Å². The molecular formula is C10H16N4S. The molecule has 1 aliphatic rings. The van der Waals surface area contributed by atoms with E-state index in [1.165, 1.54) is 17.9 Å². The maximum atomic E-state index is 5.55. The molecule has 0 saturated carbocycles. The summed E-state index contributed by atoms with van der Waals surface area (Å²) in [6.45, 7) is 2.60. The third-order valence-corrected chi connectivity index (χ3v) is 3.48. The monoisotopic (exact) mass is 224 g/mol. The van der Waals surface area contributed by atoms with E-state index in [-0.39, 0.29) is 0 Å². The maximum Gasteiger partial charge on any atom is 0.147 e. The lowest BCUT2D eigenvalue weighted by Crippen LogP contribution is -2.27. The standard InChI is InChI=1S/C10H16N4S/c11-6-9-7-12-8-10(13-9)14-2-1-4-15-5-3-14/h7-8H,1-6,11H2. The van der Waals surface area contributed by atoms with Gasteiger partial charge in [0.05, 0.1) is 11.9 Å². The van der Waals surface area contributed by atoms with Crippen molar-refractivity contribution in [3.8, 4) is 0 Å². The number of nitrogens with two attached hydrogens (primary N) is 1. The molecule has 0 spiro atoms. The summed E-state index contributed by atoms with van der Waals surface area (Å²) in [6.07, 6.45) is 4.78. The average molecular weight is 224 g/mol. The topological polar surface area (TPSA) is 55.0 Å². The van der Waals surface area contributed by atoms with E-state index in [9.17, 15) is 0 Å². The van der Waals surface area contributed by atoms with Crippen molar-refractivity contribution in [2.45, 2.75) is 13.0 Å². The summed E-state index contributed by atoms with van der Waals surface area (Å²) >= 11 is 2.01. The van der Waals surface area contributed by atoms with Crippen molar-refractivity contribution < 1.29 is 0 Å². The van der Waals surface area contributed by atoms with Gasteiger partial charge in [-0.15, -0.1) is 0 Å². The molecule has 82 valence electrons. The highest BCUT2D eigenvalue weighted by atomic mass is 32.2. The number of thioether (sulfide) groups is 1. The molecule has 1 aromatic heterocycles. The Morgan fingerprint density at radius 2 is 2.27 bits per heavy atom. The molecule has 0 bridgehead atoms. The van der Waals surface area contributed by atoms with Crippen LogP contribution in [0.5, 0.6) is 0 Å². The summed E-state index contributed by atoms with van der Waals surface area (Å²) in [5, 5.41) is 0. The van der Waals surface area contributed by atoms with Crippen LogP contribution < -0.4 is 10.6 Å². The molecule has 1 saturated heterocycles. The van der Waals surface area contributed by atoms with E-state index < -0.39 is 0 Å². The van der Waals surface area contributed by atoms with Crippen molar-refractivity contribution >= 4 is 17.6 Å². The maximum absolute atomic E-state index is 5.55. The van der Waals surface area contributed by atoms with Crippen LogP contribution in [0.25, 0.3) is 0 Å². The van der Waals surface area contributed by atoms with Crippen molar-refractivity contribution in [2.75, 3.05) is 29.5 Å². The van der Waals surface area contributed by atoms with E-state index >= 15 is 0 Å². The molecule has 5 heteroatoms. The average Bonchev–Trinajstić information content (AvgIpc) is 2.58. The molecule has 2 heterocycles. The molecule has 0 aliphatic carbocycles. The van der Waals surface area contributed by atoms with Crippen LogP contribution in [0, 0.1) is 0 Å². The van der Waals surface area contributed by atoms with E-state index in [2.05, 4.69) is 14.9 Å². The molecule has 0 radical (unpaired) electrons. The Morgan fingerprint density at radius 3 is 3.13 bits per heavy atom. The minimum atomic E-state index is 0.462. The van der Waals surface area contributed by atoms with Gasteiger partial charge in [0.1, 0.15) is 5.82 Å². The molecule has 4 nitrogen and oxygen atoms in total. The number of aromatic nitrogens is 2. The Bertz CT molecular complexity index is 310. The highest BCUT2D eigenvalue weighted by molar-refractivity contribution is 7.99. The molecule has 2 rings (SSSR count). The first-order valence-electron chi connectivity index (χ1n) is 5.24. The lowest BCUT2D eigenvalue weighted by molar-refractivity contribution is 0.789. The second kappa shape index (κ2) is 5.32. The Hall–Kier alpha value is -0.810. The normalized spacial score (nSPS) is 17.5. The third kappa shape index (κ3) is 2.82. The van der Waals surface area contributed by atoms with Gasteiger partial charge < -0.3 is 10.6 Å². The van der Waals surface area contributed by atoms with Crippen molar-refractivity contribution in [1.82, 2.24) is 9.97 Å². The Morgan fingerprint density at radius 1 is 1.33 bits per heavy atom.